The van der Waals surface area contributed by atoms with Crippen LogP contribution in [0.25, 0.3) is 0 Å². The second-order valence-corrected chi connectivity index (χ2v) is 4.62. The number of hydrogen-bond acceptors (Lipinski definition) is 7. The van der Waals surface area contributed by atoms with Gasteiger partial charge in [-0.15, -0.1) is 0 Å². The van der Waals surface area contributed by atoms with Gasteiger partial charge in [-0.25, -0.2) is 19.9 Å². The molecule has 2 aromatic rings. The van der Waals surface area contributed by atoms with Crippen molar-refractivity contribution in [3.8, 4) is 0 Å². The molecule has 0 amide bonds. The molecule has 1 aliphatic heterocycles. The number of nitrogens with zero attached hydrogens (tertiary/aromatic N) is 5. The highest BCUT2D eigenvalue weighted by Gasteiger charge is 2.25. The van der Waals surface area contributed by atoms with Crippen molar-refractivity contribution in [2.75, 3.05) is 30.3 Å². The van der Waals surface area contributed by atoms with Gasteiger partial charge in [0.15, 0.2) is 0 Å². The van der Waals surface area contributed by atoms with E-state index in [0.29, 0.717) is 30.7 Å². The molecule has 0 spiro atoms. The van der Waals surface area contributed by atoms with Crippen molar-refractivity contribution in [1.29, 1.82) is 0 Å². The lowest BCUT2D eigenvalue weighted by Crippen LogP contribution is -2.39. The number of aryl methyl sites for hydroxylation is 1. The van der Waals surface area contributed by atoms with Crippen LogP contribution in [0.2, 0.25) is 0 Å². The summed E-state index contributed by atoms with van der Waals surface area (Å²) in [6, 6.07) is 3.56. The zero-order chi connectivity index (χ0) is 13.9. The maximum absolute atomic E-state index is 5.78. The number of ether oxygens (including phenoxy) is 1. The zero-order valence-corrected chi connectivity index (χ0v) is 11.2. The van der Waals surface area contributed by atoms with Gasteiger partial charge in [0.2, 0.25) is 5.95 Å². The van der Waals surface area contributed by atoms with E-state index in [-0.39, 0.29) is 6.10 Å². The number of morpholine rings is 1. The van der Waals surface area contributed by atoms with Gasteiger partial charge in [0.25, 0.3) is 0 Å². The fourth-order valence-electron chi connectivity index (χ4n) is 2.24. The van der Waals surface area contributed by atoms with E-state index in [0.717, 1.165) is 12.2 Å². The molecule has 1 aliphatic rings. The first-order valence-corrected chi connectivity index (χ1v) is 6.47. The molecule has 2 N–H and O–H groups in total. The molecule has 1 fully saturated rings. The maximum atomic E-state index is 5.78. The topological polar surface area (TPSA) is 90.1 Å². The van der Waals surface area contributed by atoms with Crippen LogP contribution in [0, 0.1) is 6.92 Å². The van der Waals surface area contributed by atoms with Gasteiger partial charge in [0, 0.05) is 25.0 Å². The Labute approximate surface area is 116 Å². The fourth-order valence-corrected chi connectivity index (χ4v) is 2.24. The molecule has 0 bridgehead atoms. The van der Waals surface area contributed by atoms with Gasteiger partial charge in [-0.05, 0) is 13.0 Å². The number of nitrogen functional groups attached to an aromatic ring is 1. The SMILES string of the molecule is Cc1nc(N)cc([C@H]2CN(c3ncccn3)CCO2)n1. The minimum absolute atomic E-state index is 0.142. The third-order valence-corrected chi connectivity index (χ3v) is 3.11. The number of aromatic nitrogens is 4. The molecule has 3 heterocycles. The maximum Gasteiger partial charge on any atom is 0.225 e. The lowest BCUT2D eigenvalue weighted by atomic mass is 10.2. The monoisotopic (exact) mass is 272 g/mol. The van der Waals surface area contributed by atoms with Gasteiger partial charge in [-0.2, -0.15) is 0 Å². The van der Waals surface area contributed by atoms with E-state index in [2.05, 4.69) is 24.8 Å². The summed E-state index contributed by atoms with van der Waals surface area (Å²) in [5.74, 6) is 1.82. The molecule has 0 aromatic carbocycles. The molecule has 0 aliphatic carbocycles. The molecule has 2 aromatic heterocycles. The number of hydrogen-bond donors (Lipinski definition) is 1. The highest BCUT2D eigenvalue weighted by atomic mass is 16.5. The van der Waals surface area contributed by atoms with E-state index in [1.165, 1.54) is 0 Å². The molecule has 104 valence electrons. The number of nitrogens with two attached hydrogens (primary N) is 1. The van der Waals surface area contributed by atoms with Crippen LogP contribution in [0.15, 0.2) is 24.5 Å². The van der Waals surface area contributed by atoms with Gasteiger partial charge in [0.1, 0.15) is 17.7 Å². The number of rotatable bonds is 2. The first-order valence-electron chi connectivity index (χ1n) is 6.47. The first kappa shape index (κ1) is 12.7. The molecule has 0 saturated carbocycles. The third-order valence-electron chi connectivity index (χ3n) is 3.11. The fraction of sp³-hybridized carbons (Fsp3) is 0.385. The first-order chi connectivity index (χ1) is 9.72. The largest absolute Gasteiger partial charge is 0.384 e. The molecule has 1 atom stereocenters. The molecule has 3 rings (SSSR count). The highest BCUT2D eigenvalue weighted by Crippen LogP contribution is 2.23. The van der Waals surface area contributed by atoms with Crippen molar-refractivity contribution >= 4 is 11.8 Å². The van der Waals surface area contributed by atoms with E-state index in [1.54, 1.807) is 24.5 Å². The average molecular weight is 272 g/mol. The zero-order valence-electron chi connectivity index (χ0n) is 11.2. The normalized spacial score (nSPS) is 19.1. The molecule has 20 heavy (non-hydrogen) atoms. The Morgan fingerprint density at radius 2 is 2.10 bits per heavy atom. The summed E-state index contributed by atoms with van der Waals surface area (Å²) < 4.78 is 5.78. The summed E-state index contributed by atoms with van der Waals surface area (Å²) in [5.41, 5.74) is 6.57. The molecule has 0 unspecified atom stereocenters. The predicted octanol–water partition coefficient (Wildman–Crippen LogP) is 0.735. The summed E-state index contributed by atoms with van der Waals surface area (Å²) in [7, 11) is 0. The Balaban J connectivity index is 1.81. The van der Waals surface area contributed by atoms with Crippen molar-refractivity contribution in [3.63, 3.8) is 0 Å². The minimum Gasteiger partial charge on any atom is -0.384 e. The second-order valence-electron chi connectivity index (χ2n) is 4.62. The molecular formula is C13H16N6O. The Morgan fingerprint density at radius 3 is 2.85 bits per heavy atom. The van der Waals surface area contributed by atoms with Gasteiger partial charge in [-0.3, -0.25) is 0 Å². The Bertz CT molecular complexity index is 570. The predicted molar refractivity (Wildman–Crippen MR) is 74.1 cm³/mol. The second kappa shape index (κ2) is 5.38. The molecule has 1 saturated heterocycles. The molecular weight excluding hydrogens is 256 g/mol. The van der Waals surface area contributed by atoms with Crippen molar-refractivity contribution in [2.24, 2.45) is 0 Å². The van der Waals surface area contributed by atoms with Crippen LogP contribution in [0.4, 0.5) is 11.8 Å². The van der Waals surface area contributed by atoms with Gasteiger partial charge < -0.3 is 15.4 Å². The van der Waals surface area contributed by atoms with E-state index in [1.807, 2.05) is 6.92 Å². The van der Waals surface area contributed by atoms with Crippen LogP contribution < -0.4 is 10.6 Å². The van der Waals surface area contributed by atoms with Crippen molar-refractivity contribution in [1.82, 2.24) is 19.9 Å². The lowest BCUT2D eigenvalue weighted by Gasteiger charge is -2.32. The van der Waals surface area contributed by atoms with Crippen molar-refractivity contribution < 1.29 is 4.74 Å². The Kier molecular flexibility index (Phi) is 3.42. The summed E-state index contributed by atoms with van der Waals surface area (Å²) in [5, 5.41) is 0. The molecule has 0 radical (unpaired) electrons. The van der Waals surface area contributed by atoms with E-state index in [4.69, 9.17) is 10.5 Å². The van der Waals surface area contributed by atoms with Crippen LogP contribution in [-0.4, -0.2) is 39.6 Å². The molecule has 7 nitrogen and oxygen atoms in total. The van der Waals surface area contributed by atoms with E-state index < -0.39 is 0 Å². The summed E-state index contributed by atoms with van der Waals surface area (Å²) in [6.07, 6.45) is 3.33. The summed E-state index contributed by atoms with van der Waals surface area (Å²) >= 11 is 0. The van der Waals surface area contributed by atoms with Crippen LogP contribution >= 0.6 is 0 Å². The van der Waals surface area contributed by atoms with Crippen LogP contribution in [0.1, 0.15) is 17.6 Å². The van der Waals surface area contributed by atoms with Gasteiger partial charge in [-0.1, -0.05) is 0 Å². The third kappa shape index (κ3) is 2.67. The quantitative estimate of drug-likeness (QED) is 0.862. The van der Waals surface area contributed by atoms with Gasteiger partial charge >= 0.3 is 0 Å². The standard InChI is InChI=1S/C13H16N6O/c1-9-17-10(7-12(14)18-9)11-8-19(5-6-20-11)13-15-3-2-4-16-13/h2-4,7,11H,5-6,8H2,1H3,(H2,14,17,18)/t11-/m1/s1. The van der Waals surface area contributed by atoms with Crippen molar-refractivity contribution in [3.05, 3.63) is 36.0 Å². The number of anilines is 2. The minimum atomic E-state index is -0.142. The van der Waals surface area contributed by atoms with E-state index >= 15 is 0 Å². The lowest BCUT2D eigenvalue weighted by molar-refractivity contribution is 0.0363. The van der Waals surface area contributed by atoms with Crippen molar-refractivity contribution in [2.45, 2.75) is 13.0 Å². The summed E-state index contributed by atoms with van der Waals surface area (Å²) in [6.45, 7) is 3.84. The smallest absolute Gasteiger partial charge is 0.225 e. The van der Waals surface area contributed by atoms with Crippen LogP contribution in [-0.2, 0) is 4.74 Å². The Hall–Kier alpha value is -2.28. The van der Waals surface area contributed by atoms with Crippen LogP contribution in [0.3, 0.4) is 0 Å². The van der Waals surface area contributed by atoms with Crippen LogP contribution in [0.5, 0.6) is 0 Å². The Morgan fingerprint density at radius 1 is 1.30 bits per heavy atom. The molecule has 7 heteroatoms. The summed E-state index contributed by atoms with van der Waals surface area (Å²) in [4.78, 5) is 19.1. The van der Waals surface area contributed by atoms with Gasteiger partial charge in [0.05, 0.1) is 18.8 Å². The van der Waals surface area contributed by atoms with E-state index in [9.17, 15) is 0 Å². The highest BCUT2D eigenvalue weighted by molar-refractivity contribution is 5.34. The average Bonchev–Trinajstić information content (AvgIpc) is 2.47.